The number of cyclic esters (lactones) is 1. The minimum absolute atomic E-state index is 0.00390. The molecule has 0 saturated carbocycles. The van der Waals surface area contributed by atoms with E-state index in [2.05, 4.69) is 31.9 Å². The van der Waals surface area contributed by atoms with Crippen LogP contribution in [0.4, 0.5) is 0 Å². The molecule has 0 bridgehead atoms. The predicted molar refractivity (Wildman–Crippen MR) is 276 cm³/mol. The van der Waals surface area contributed by atoms with Crippen molar-refractivity contribution in [3.8, 4) is 5.75 Å². The second-order valence-corrected chi connectivity index (χ2v) is 21.3. The van der Waals surface area contributed by atoms with Gasteiger partial charge in [-0.25, -0.2) is 9.59 Å². The van der Waals surface area contributed by atoms with Gasteiger partial charge in [0, 0.05) is 57.5 Å². The lowest BCUT2D eigenvalue weighted by molar-refractivity contribution is -0.197. The molecule has 8 atom stereocenters. The van der Waals surface area contributed by atoms with E-state index in [0.717, 1.165) is 11.1 Å². The fourth-order valence-electron chi connectivity index (χ4n) is 8.48. The Morgan fingerprint density at radius 3 is 2.16 bits per heavy atom. The van der Waals surface area contributed by atoms with Crippen molar-refractivity contribution in [1.82, 2.24) is 37.0 Å². The number of carbonyl (C=O) groups is 10. The molecule has 3 aliphatic heterocycles. The number of benzene rings is 2. The van der Waals surface area contributed by atoms with Crippen molar-refractivity contribution in [2.45, 2.75) is 156 Å². The number of nitrogens with zero attached hydrogens (tertiary/aromatic N) is 1. The van der Waals surface area contributed by atoms with E-state index in [1.165, 1.54) is 20.1 Å². The van der Waals surface area contributed by atoms with Crippen LogP contribution >= 0.6 is 11.6 Å². The normalized spacial score (nSPS) is 22.8. The zero-order valence-electron chi connectivity index (χ0n) is 44.6. The molecule has 0 aliphatic carbocycles. The molecule has 3 aliphatic rings. The molecule has 6 N–H and O–H groups in total. The summed E-state index contributed by atoms with van der Waals surface area (Å²) in [6, 6.07) is 8.40. The molecular formula is C54H72ClN7O14. The molecular weight excluding hydrogens is 1010 g/mol. The van der Waals surface area contributed by atoms with Gasteiger partial charge < -0.3 is 50.9 Å². The van der Waals surface area contributed by atoms with E-state index in [4.69, 9.17) is 30.6 Å². The highest BCUT2D eigenvalue weighted by Crippen LogP contribution is 2.45. The number of halogens is 1. The average molecular weight is 1080 g/mol. The van der Waals surface area contributed by atoms with Gasteiger partial charge in [0.15, 0.2) is 0 Å². The summed E-state index contributed by atoms with van der Waals surface area (Å²) in [6.45, 7) is 14.0. The minimum atomic E-state index is -1.17. The van der Waals surface area contributed by atoms with Gasteiger partial charge >= 0.3 is 11.9 Å². The molecule has 0 spiro atoms. The fourth-order valence-corrected chi connectivity index (χ4v) is 8.76. The quantitative estimate of drug-likeness (QED) is 0.0626. The van der Waals surface area contributed by atoms with Crippen LogP contribution < -0.4 is 36.6 Å². The Balaban J connectivity index is 1.17. The molecule has 76 heavy (non-hydrogen) atoms. The monoisotopic (exact) mass is 1080 g/mol. The third kappa shape index (κ3) is 17.3. The van der Waals surface area contributed by atoms with E-state index in [-0.39, 0.29) is 82.4 Å². The van der Waals surface area contributed by atoms with Crippen molar-refractivity contribution in [1.29, 1.82) is 0 Å². The summed E-state index contributed by atoms with van der Waals surface area (Å²) in [7, 11) is 1.49. The van der Waals surface area contributed by atoms with E-state index in [0.29, 0.717) is 21.4 Å². The van der Waals surface area contributed by atoms with Gasteiger partial charge in [0.2, 0.25) is 35.4 Å². The SMILES string of the molecule is COc1ccc(C[C@H]2NC(=O)/C=C/C[C@@H]([C@H](C)[C@H]3O[C@@H]3c3ccc(CNC(=O)C(C)NC(=O)C(NC(=O)CCCC(=O)ON4C(=O)CCC4=O)C(C)C)cc3)OC(=O)[C@H](CC(C)C)NC(=O)C(C)(C)CNC2=O)cc1Cl. The molecule has 0 aromatic heterocycles. The molecule has 2 aromatic rings. The maximum Gasteiger partial charge on any atom is 0.333 e. The lowest BCUT2D eigenvalue weighted by Crippen LogP contribution is -2.54. The number of esters is 1. The second-order valence-electron chi connectivity index (χ2n) is 20.9. The first-order valence-corrected chi connectivity index (χ1v) is 26.0. The molecule has 2 unspecified atom stereocenters. The van der Waals surface area contributed by atoms with Crippen LogP contribution in [0.1, 0.15) is 123 Å². The van der Waals surface area contributed by atoms with Crippen molar-refractivity contribution < 1.29 is 67.0 Å². The highest BCUT2D eigenvalue weighted by molar-refractivity contribution is 6.32. The van der Waals surface area contributed by atoms with Crippen LogP contribution in [0.2, 0.25) is 5.02 Å². The Morgan fingerprint density at radius 2 is 1.53 bits per heavy atom. The standard InChI is InChI=1S/C54H72ClN7O14/c1-29(2)24-38-52(71)74-39(12-10-13-41(63)59-37(26-34-18-21-40(73-9)36(55)25-34)50(69)57-28-54(7,8)53(72)60-38)31(5)47-48(75-47)35-19-16-33(17-20-35)27-56-49(68)32(6)58-51(70)46(30(3)4)61-42(64)14-11-15-45(67)76-62-43(65)22-23-44(62)66/h10,13,16-21,25,29-32,37-39,46-48H,11-12,14-15,22-24,26-28H2,1-9H3,(H,56,68)(H,57,69)(H,58,70)(H,59,63)(H,60,72)(H,61,64)/b13-10+/t31-,32?,37+,38-,39-,46?,47+,48+/m0/s1. The third-order valence-electron chi connectivity index (χ3n) is 13.2. The molecule has 0 radical (unpaired) electrons. The van der Waals surface area contributed by atoms with E-state index in [1.54, 1.807) is 52.0 Å². The molecule has 22 heteroatoms. The summed E-state index contributed by atoms with van der Waals surface area (Å²) in [5, 5.41) is 17.3. The fraction of sp³-hybridized carbons (Fsp3) is 0.556. The molecule has 5 rings (SSSR count). The predicted octanol–water partition coefficient (Wildman–Crippen LogP) is 3.74. The first kappa shape index (κ1) is 60.0. The number of carbonyl (C=O) groups excluding carboxylic acids is 10. The van der Waals surface area contributed by atoms with Crippen LogP contribution in [-0.4, -0.2) is 114 Å². The Bertz CT molecular complexity index is 2500. The number of epoxide rings is 1. The molecule has 3 heterocycles. The van der Waals surface area contributed by atoms with Crippen LogP contribution in [0.3, 0.4) is 0 Å². The minimum Gasteiger partial charge on any atom is -0.495 e. The van der Waals surface area contributed by atoms with Crippen LogP contribution in [0.15, 0.2) is 54.6 Å². The van der Waals surface area contributed by atoms with Gasteiger partial charge in [0.1, 0.15) is 42.1 Å². The molecule has 2 saturated heterocycles. The number of ether oxygens (including phenoxy) is 3. The Morgan fingerprint density at radius 1 is 0.855 bits per heavy atom. The molecule has 2 fully saturated rings. The number of hydrogen-bond donors (Lipinski definition) is 6. The van der Waals surface area contributed by atoms with E-state index >= 15 is 0 Å². The highest BCUT2D eigenvalue weighted by Gasteiger charge is 2.48. The van der Waals surface area contributed by atoms with Gasteiger partial charge in [-0.2, -0.15) is 0 Å². The van der Waals surface area contributed by atoms with Crippen molar-refractivity contribution >= 4 is 70.8 Å². The van der Waals surface area contributed by atoms with Gasteiger partial charge in [0.25, 0.3) is 11.8 Å². The maximum atomic E-state index is 14.0. The van der Waals surface area contributed by atoms with Crippen molar-refractivity contribution in [2.24, 2.45) is 23.2 Å². The van der Waals surface area contributed by atoms with Gasteiger partial charge in [-0.05, 0) is 80.3 Å². The van der Waals surface area contributed by atoms with E-state index in [1.807, 2.05) is 45.0 Å². The summed E-state index contributed by atoms with van der Waals surface area (Å²) in [4.78, 5) is 134. The second kappa shape index (κ2) is 27.3. The zero-order chi connectivity index (χ0) is 56.0. The number of amides is 8. The number of methoxy groups -OCH3 is 1. The summed E-state index contributed by atoms with van der Waals surface area (Å²) in [5.41, 5.74) is 1.06. The van der Waals surface area contributed by atoms with Crippen molar-refractivity contribution in [3.63, 3.8) is 0 Å². The van der Waals surface area contributed by atoms with Crippen molar-refractivity contribution in [2.75, 3.05) is 13.7 Å². The number of nitrogens with one attached hydrogen (secondary N) is 6. The smallest absolute Gasteiger partial charge is 0.333 e. The maximum absolute atomic E-state index is 14.0. The Kier molecular flexibility index (Phi) is 21.5. The number of hydrogen-bond acceptors (Lipinski definition) is 14. The summed E-state index contributed by atoms with van der Waals surface area (Å²) in [5.74, 6) is -6.15. The van der Waals surface area contributed by atoms with Gasteiger partial charge in [0.05, 0.1) is 23.7 Å². The first-order valence-electron chi connectivity index (χ1n) is 25.6. The van der Waals surface area contributed by atoms with Gasteiger partial charge in [-0.15, -0.1) is 5.06 Å². The van der Waals surface area contributed by atoms with Gasteiger partial charge in [-0.1, -0.05) is 82.6 Å². The number of hydroxylamine groups is 2. The van der Waals surface area contributed by atoms with E-state index < -0.39 is 107 Å². The first-order chi connectivity index (χ1) is 35.9. The molecule has 21 nitrogen and oxygen atoms in total. The Labute approximate surface area is 447 Å². The number of imide groups is 1. The Hall–Kier alpha value is -6.87. The van der Waals surface area contributed by atoms with Crippen LogP contribution in [0.25, 0.3) is 0 Å². The lowest BCUT2D eigenvalue weighted by Gasteiger charge is -2.30. The topological polar surface area (TPSA) is 286 Å². The lowest BCUT2D eigenvalue weighted by atomic mass is 9.90. The summed E-state index contributed by atoms with van der Waals surface area (Å²) < 4.78 is 17.6. The molecule has 2 aromatic carbocycles. The summed E-state index contributed by atoms with van der Waals surface area (Å²) in [6.07, 6.45) is 1.34. The van der Waals surface area contributed by atoms with Crippen LogP contribution in [0.5, 0.6) is 5.75 Å². The van der Waals surface area contributed by atoms with Crippen LogP contribution in [0, 0.1) is 23.2 Å². The van der Waals surface area contributed by atoms with E-state index in [9.17, 15) is 47.9 Å². The highest BCUT2D eigenvalue weighted by atomic mass is 35.5. The zero-order valence-corrected chi connectivity index (χ0v) is 45.3. The average Bonchev–Trinajstić information content (AvgIpc) is 4.11. The summed E-state index contributed by atoms with van der Waals surface area (Å²) >= 11 is 6.38. The largest absolute Gasteiger partial charge is 0.495 e. The molecule has 8 amide bonds. The third-order valence-corrected chi connectivity index (χ3v) is 13.5. The van der Waals surface area contributed by atoms with Crippen molar-refractivity contribution in [3.05, 3.63) is 76.3 Å². The molecule has 414 valence electrons. The van der Waals surface area contributed by atoms with Crippen LogP contribution in [-0.2, 0) is 75.2 Å². The van der Waals surface area contributed by atoms with Gasteiger partial charge in [-0.3, -0.25) is 38.4 Å². The number of rotatable bonds is 20.